The van der Waals surface area contributed by atoms with Crippen LogP contribution in [-0.2, 0) is 7.05 Å². The summed E-state index contributed by atoms with van der Waals surface area (Å²) in [7, 11) is 1.96. The van der Waals surface area contributed by atoms with Gasteiger partial charge in [0.1, 0.15) is 0 Å². The van der Waals surface area contributed by atoms with Crippen molar-refractivity contribution < 1.29 is 0 Å². The number of nitrogens with zero attached hydrogens (tertiary/aromatic N) is 4. The van der Waals surface area contributed by atoms with Crippen LogP contribution >= 0.6 is 11.3 Å². The van der Waals surface area contributed by atoms with E-state index in [1.54, 1.807) is 29.9 Å². The molecule has 0 spiro atoms. The standard InChI is InChI=1S/C15H14N4S/c1-11(13-10-16-5-6-17-13)8-12-9-14(19(2)18-12)15-4-3-7-20-15/h3-10H,1-2H3. The highest BCUT2D eigenvalue weighted by Gasteiger charge is 2.07. The fraction of sp³-hybridized carbons (Fsp3) is 0.133. The van der Waals surface area contributed by atoms with Gasteiger partial charge in [-0.25, -0.2) is 0 Å². The first kappa shape index (κ1) is 12.7. The van der Waals surface area contributed by atoms with E-state index < -0.39 is 0 Å². The van der Waals surface area contributed by atoms with Crippen LogP contribution in [0.3, 0.4) is 0 Å². The van der Waals surface area contributed by atoms with E-state index in [4.69, 9.17) is 0 Å². The summed E-state index contributed by atoms with van der Waals surface area (Å²) in [6.45, 7) is 2.02. The van der Waals surface area contributed by atoms with Gasteiger partial charge >= 0.3 is 0 Å². The topological polar surface area (TPSA) is 43.6 Å². The molecule has 0 unspecified atom stereocenters. The summed E-state index contributed by atoms with van der Waals surface area (Å²) in [5.41, 5.74) is 3.97. The summed E-state index contributed by atoms with van der Waals surface area (Å²) < 4.78 is 1.90. The number of hydrogen-bond acceptors (Lipinski definition) is 4. The maximum absolute atomic E-state index is 4.53. The molecule has 0 bridgehead atoms. The lowest BCUT2D eigenvalue weighted by molar-refractivity contribution is 0.774. The van der Waals surface area contributed by atoms with E-state index >= 15 is 0 Å². The van der Waals surface area contributed by atoms with Crippen molar-refractivity contribution in [3.8, 4) is 10.6 Å². The molecular weight excluding hydrogens is 268 g/mol. The summed E-state index contributed by atoms with van der Waals surface area (Å²) in [6, 6.07) is 6.24. The fourth-order valence-corrected chi connectivity index (χ4v) is 2.79. The highest BCUT2D eigenvalue weighted by atomic mass is 32.1. The van der Waals surface area contributed by atoms with Crippen LogP contribution in [0.5, 0.6) is 0 Å². The first-order valence-electron chi connectivity index (χ1n) is 6.26. The van der Waals surface area contributed by atoms with Gasteiger partial charge in [0.05, 0.1) is 28.2 Å². The molecule has 0 aromatic carbocycles. The monoisotopic (exact) mass is 282 g/mol. The third-order valence-corrected chi connectivity index (χ3v) is 3.90. The van der Waals surface area contributed by atoms with Crippen LogP contribution in [0.25, 0.3) is 22.2 Å². The van der Waals surface area contributed by atoms with Gasteiger partial charge in [-0.3, -0.25) is 14.6 Å². The van der Waals surface area contributed by atoms with Gasteiger partial charge < -0.3 is 0 Å². The predicted octanol–water partition coefficient (Wildman–Crippen LogP) is 3.50. The van der Waals surface area contributed by atoms with Crippen LogP contribution in [0, 0.1) is 0 Å². The van der Waals surface area contributed by atoms with E-state index in [1.165, 1.54) is 4.88 Å². The normalized spacial score (nSPS) is 11.8. The lowest BCUT2D eigenvalue weighted by atomic mass is 10.2. The number of hydrogen-bond donors (Lipinski definition) is 0. The third kappa shape index (κ3) is 2.53. The fourth-order valence-electron chi connectivity index (χ4n) is 2.01. The molecule has 0 atom stereocenters. The van der Waals surface area contributed by atoms with Crippen molar-refractivity contribution in [2.45, 2.75) is 6.92 Å². The zero-order chi connectivity index (χ0) is 13.9. The smallest absolute Gasteiger partial charge is 0.0861 e. The number of aryl methyl sites for hydroxylation is 1. The predicted molar refractivity (Wildman–Crippen MR) is 82.1 cm³/mol. The van der Waals surface area contributed by atoms with Crippen molar-refractivity contribution in [3.63, 3.8) is 0 Å². The second-order valence-electron chi connectivity index (χ2n) is 4.47. The molecule has 0 saturated carbocycles. The van der Waals surface area contributed by atoms with E-state index in [9.17, 15) is 0 Å². The zero-order valence-electron chi connectivity index (χ0n) is 11.3. The minimum absolute atomic E-state index is 0.871. The summed E-state index contributed by atoms with van der Waals surface area (Å²) in [5, 5.41) is 6.60. The minimum Gasteiger partial charge on any atom is -0.267 e. The van der Waals surface area contributed by atoms with Gasteiger partial charge in [-0.1, -0.05) is 6.07 Å². The number of thiophene rings is 1. The first-order chi connectivity index (χ1) is 9.74. The van der Waals surface area contributed by atoms with E-state index in [-0.39, 0.29) is 0 Å². The van der Waals surface area contributed by atoms with E-state index in [1.807, 2.05) is 30.8 Å². The lowest BCUT2D eigenvalue weighted by Gasteiger charge is -1.97. The van der Waals surface area contributed by atoms with Crippen molar-refractivity contribution in [2.24, 2.45) is 7.05 Å². The van der Waals surface area contributed by atoms with Crippen molar-refractivity contribution >= 4 is 23.0 Å². The van der Waals surface area contributed by atoms with Gasteiger partial charge in [0.15, 0.2) is 0 Å². The molecule has 3 heterocycles. The molecular formula is C15H14N4S. The Bertz CT molecular complexity index is 727. The van der Waals surface area contributed by atoms with Gasteiger partial charge in [0, 0.05) is 19.4 Å². The van der Waals surface area contributed by atoms with E-state index in [2.05, 4.69) is 32.6 Å². The molecule has 5 heteroatoms. The molecule has 100 valence electrons. The summed E-state index contributed by atoms with van der Waals surface area (Å²) in [6.07, 6.45) is 7.16. The Labute approximate surface area is 121 Å². The highest BCUT2D eigenvalue weighted by Crippen LogP contribution is 2.26. The summed E-state index contributed by atoms with van der Waals surface area (Å²) in [4.78, 5) is 9.59. The second kappa shape index (κ2) is 5.38. The van der Waals surface area contributed by atoms with Crippen LogP contribution < -0.4 is 0 Å². The first-order valence-corrected chi connectivity index (χ1v) is 7.14. The maximum Gasteiger partial charge on any atom is 0.0861 e. The Morgan fingerprint density at radius 3 is 2.95 bits per heavy atom. The molecule has 20 heavy (non-hydrogen) atoms. The second-order valence-corrected chi connectivity index (χ2v) is 5.42. The lowest BCUT2D eigenvalue weighted by Crippen LogP contribution is -1.92. The molecule has 0 aliphatic carbocycles. The van der Waals surface area contributed by atoms with Gasteiger partial charge in [-0.2, -0.15) is 5.10 Å². The zero-order valence-corrected chi connectivity index (χ0v) is 12.1. The minimum atomic E-state index is 0.871. The van der Waals surface area contributed by atoms with Gasteiger partial charge in [0.25, 0.3) is 0 Å². The Morgan fingerprint density at radius 1 is 1.35 bits per heavy atom. The SMILES string of the molecule is CC(=Cc1cc(-c2cccs2)n(C)n1)c1cnccn1. The molecule has 4 nitrogen and oxygen atoms in total. The van der Waals surface area contributed by atoms with E-state index in [0.717, 1.165) is 22.7 Å². The molecule has 0 fully saturated rings. The molecule has 3 rings (SSSR count). The van der Waals surface area contributed by atoms with Crippen LogP contribution in [0.4, 0.5) is 0 Å². The third-order valence-electron chi connectivity index (χ3n) is 3.00. The average molecular weight is 282 g/mol. The summed E-state index contributed by atoms with van der Waals surface area (Å²) >= 11 is 1.71. The number of rotatable bonds is 3. The Hall–Kier alpha value is -2.27. The Morgan fingerprint density at radius 2 is 2.25 bits per heavy atom. The van der Waals surface area contributed by atoms with Crippen LogP contribution in [0.1, 0.15) is 18.3 Å². The number of allylic oxidation sites excluding steroid dienone is 1. The number of aromatic nitrogens is 4. The Kier molecular flexibility index (Phi) is 3.43. The molecule has 0 amide bonds. The molecule has 0 aliphatic heterocycles. The molecule has 0 saturated heterocycles. The maximum atomic E-state index is 4.53. The average Bonchev–Trinajstić information content (AvgIpc) is 3.09. The summed E-state index contributed by atoms with van der Waals surface area (Å²) in [5.74, 6) is 0. The van der Waals surface area contributed by atoms with Crippen molar-refractivity contribution in [3.05, 3.63) is 53.6 Å². The van der Waals surface area contributed by atoms with Gasteiger partial charge in [-0.05, 0) is 36.1 Å². The van der Waals surface area contributed by atoms with Crippen LogP contribution in [0.2, 0.25) is 0 Å². The molecule has 0 aliphatic rings. The largest absolute Gasteiger partial charge is 0.267 e. The van der Waals surface area contributed by atoms with Gasteiger partial charge in [0.2, 0.25) is 0 Å². The molecule has 3 aromatic heterocycles. The van der Waals surface area contributed by atoms with Crippen molar-refractivity contribution in [2.75, 3.05) is 0 Å². The molecule has 0 N–H and O–H groups in total. The molecule has 3 aromatic rings. The van der Waals surface area contributed by atoms with Crippen LogP contribution in [-0.4, -0.2) is 19.7 Å². The van der Waals surface area contributed by atoms with Crippen molar-refractivity contribution in [1.82, 2.24) is 19.7 Å². The van der Waals surface area contributed by atoms with Crippen molar-refractivity contribution in [1.29, 1.82) is 0 Å². The van der Waals surface area contributed by atoms with Gasteiger partial charge in [-0.15, -0.1) is 11.3 Å². The highest BCUT2D eigenvalue weighted by molar-refractivity contribution is 7.13. The van der Waals surface area contributed by atoms with E-state index in [0.29, 0.717) is 0 Å². The molecule has 0 radical (unpaired) electrons. The quantitative estimate of drug-likeness (QED) is 0.738. The van der Waals surface area contributed by atoms with Crippen LogP contribution in [0.15, 0.2) is 42.2 Å². The Balaban J connectivity index is 1.94.